The van der Waals surface area contributed by atoms with Crippen LogP contribution in [0.3, 0.4) is 0 Å². The van der Waals surface area contributed by atoms with Gasteiger partial charge < -0.3 is 15.6 Å². The molecule has 4 rings (SSSR count). The monoisotopic (exact) mass is 464 g/mol. The van der Waals surface area contributed by atoms with Crippen molar-refractivity contribution in [1.82, 2.24) is 24.8 Å². The lowest BCUT2D eigenvalue weighted by molar-refractivity contribution is 0.613. The average molecular weight is 464 g/mol. The van der Waals surface area contributed by atoms with Gasteiger partial charge >= 0.3 is 5.69 Å². The molecule has 1 fully saturated rings. The summed E-state index contributed by atoms with van der Waals surface area (Å²) in [5.74, 6) is 1.16. The van der Waals surface area contributed by atoms with Gasteiger partial charge in [0.05, 0.1) is 12.7 Å². The summed E-state index contributed by atoms with van der Waals surface area (Å²) in [7, 11) is 0. The van der Waals surface area contributed by atoms with Crippen LogP contribution >= 0.6 is 22.6 Å². The lowest BCUT2D eigenvalue weighted by Crippen LogP contribution is -2.19. The van der Waals surface area contributed by atoms with E-state index in [0.717, 1.165) is 31.6 Å². The predicted molar refractivity (Wildman–Crippen MR) is 111 cm³/mol. The third-order valence-corrected chi connectivity index (χ3v) is 6.10. The minimum absolute atomic E-state index is 0.162. The van der Waals surface area contributed by atoms with Crippen molar-refractivity contribution >= 4 is 39.7 Å². The van der Waals surface area contributed by atoms with Gasteiger partial charge in [-0.2, -0.15) is 4.98 Å². The standard InChI is InChI=1S/C18H21IN6O/c1-11-13(3-2-4-14(11)19)10-25-16-15(23-18(25)26)9-22-17(24-16)21-8-12-5-6-20-7-12/h2-4,9,12,20H,5-8,10H2,1H3,(H,23,26)(H,21,22,24)/t12-/m1/s1. The molecule has 0 unspecified atom stereocenters. The molecule has 8 heteroatoms. The van der Waals surface area contributed by atoms with Crippen molar-refractivity contribution < 1.29 is 0 Å². The molecule has 2 aromatic heterocycles. The van der Waals surface area contributed by atoms with Crippen molar-refractivity contribution in [3.8, 4) is 0 Å². The molecule has 1 aliphatic rings. The lowest BCUT2D eigenvalue weighted by Gasteiger charge is -2.11. The summed E-state index contributed by atoms with van der Waals surface area (Å²) < 4.78 is 2.87. The van der Waals surface area contributed by atoms with Crippen LogP contribution in [0.25, 0.3) is 11.2 Å². The van der Waals surface area contributed by atoms with Gasteiger partial charge in [0, 0.05) is 10.1 Å². The number of aromatic amines is 1. The average Bonchev–Trinajstić information content (AvgIpc) is 3.25. The van der Waals surface area contributed by atoms with Crippen molar-refractivity contribution in [2.24, 2.45) is 5.92 Å². The summed E-state index contributed by atoms with van der Waals surface area (Å²) in [5.41, 5.74) is 3.44. The number of H-pyrrole nitrogens is 1. The van der Waals surface area contributed by atoms with Crippen LogP contribution in [0.1, 0.15) is 17.5 Å². The van der Waals surface area contributed by atoms with Gasteiger partial charge in [0.1, 0.15) is 5.52 Å². The Hall–Kier alpha value is -1.94. The summed E-state index contributed by atoms with van der Waals surface area (Å²) in [6.45, 7) is 5.50. The van der Waals surface area contributed by atoms with Crippen molar-refractivity contribution in [3.05, 3.63) is 49.6 Å². The molecule has 0 radical (unpaired) electrons. The van der Waals surface area contributed by atoms with E-state index < -0.39 is 0 Å². The van der Waals surface area contributed by atoms with E-state index in [1.807, 2.05) is 6.07 Å². The fraction of sp³-hybridized carbons (Fsp3) is 0.389. The molecule has 1 aromatic carbocycles. The van der Waals surface area contributed by atoms with Gasteiger partial charge in [-0.05, 0) is 72.1 Å². The summed E-state index contributed by atoms with van der Waals surface area (Å²) in [4.78, 5) is 24.2. The van der Waals surface area contributed by atoms with Crippen LogP contribution < -0.4 is 16.3 Å². The topological polar surface area (TPSA) is 87.6 Å². The fourth-order valence-corrected chi connectivity index (χ4v) is 3.85. The van der Waals surface area contributed by atoms with Crippen molar-refractivity contribution in [2.45, 2.75) is 19.9 Å². The fourth-order valence-electron chi connectivity index (χ4n) is 3.30. The molecule has 0 amide bonds. The second kappa shape index (κ2) is 7.36. The summed E-state index contributed by atoms with van der Waals surface area (Å²) in [5, 5.41) is 6.66. The maximum atomic E-state index is 12.4. The number of imidazole rings is 1. The Morgan fingerprint density at radius 1 is 1.42 bits per heavy atom. The normalized spacial score (nSPS) is 17.1. The van der Waals surface area contributed by atoms with E-state index in [0.29, 0.717) is 29.6 Å². The highest BCUT2D eigenvalue weighted by atomic mass is 127. The number of anilines is 1. The maximum Gasteiger partial charge on any atom is 0.328 e. The molecule has 26 heavy (non-hydrogen) atoms. The molecular weight excluding hydrogens is 443 g/mol. The molecule has 1 aliphatic heterocycles. The Balaban J connectivity index is 1.63. The minimum atomic E-state index is -0.162. The summed E-state index contributed by atoms with van der Waals surface area (Å²) in [6, 6.07) is 6.14. The zero-order valence-electron chi connectivity index (χ0n) is 14.6. The Morgan fingerprint density at radius 2 is 2.31 bits per heavy atom. The van der Waals surface area contributed by atoms with Crippen LogP contribution in [-0.2, 0) is 6.54 Å². The number of fused-ring (bicyclic) bond motifs is 1. The van der Waals surface area contributed by atoms with E-state index in [1.54, 1.807) is 10.8 Å². The second-order valence-corrected chi connectivity index (χ2v) is 7.87. The molecule has 0 aliphatic carbocycles. The number of benzene rings is 1. The molecule has 3 N–H and O–H groups in total. The van der Waals surface area contributed by atoms with E-state index in [2.05, 4.69) is 67.2 Å². The first kappa shape index (κ1) is 17.5. The number of hydrogen-bond acceptors (Lipinski definition) is 5. The highest BCUT2D eigenvalue weighted by Gasteiger charge is 2.16. The summed E-state index contributed by atoms with van der Waals surface area (Å²) in [6.07, 6.45) is 2.84. The summed E-state index contributed by atoms with van der Waals surface area (Å²) >= 11 is 2.32. The number of nitrogens with zero attached hydrogens (tertiary/aromatic N) is 3. The number of halogens is 1. The third kappa shape index (κ3) is 3.48. The Kier molecular flexibility index (Phi) is 4.94. The van der Waals surface area contributed by atoms with Gasteiger partial charge in [0.2, 0.25) is 5.95 Å². The van der Waals surface area contributed by atoms with E-state index in [9.17, 15) is 4.79 Å². The van der Waals surface area contributed by atoms with E-state index >= 15 is 0 Å². The first-order valence-electron chi connectivity index (χ1n) is 8.76. The van der Waals surface area contributed by atoms with Crippen LogP contribution in [0.2, 0.25) is 0 Å². The quantitative estimate of drug-likeness (QED) is 0.504. The molecular formula is C18H21IN6O. The molecule has 0 spiro atoms. The van der Waals surface area contributed by atoms with Crippen LogP contribution in [-0.4, -0.2) is 39.2 Å². The van der Waals surface area contributed by atoms with Gasteiger partial charge in [-0.1, -0.05) is 12.1 Å². The number of hydrogen-bond donors (Lipinski definition) is 3. The highest BCUT2D eigenvalue weighted by molar-refractivity contribution is 14.1. The van der Waals surface area contributed by atoms with Crippen LogP contribution in [0.4, 0.5) is 5.95 Å². The second-order valence-electron chi connectivity index (χ2n) is 6.71. The number of nitrogens with one attached hydrogen (secondary N) is 3. The zero-order valence-corrected chi connectivity index (χ0v) is 16.7. The molecule has 3 heterocycles. The van der Waals surface area contributed by atoms with Gasteiger partial charge in [-0.25, -0.2) is 9.78 Å². The molecule has 1 atom stereocenters. The van der Waals surface area contributed by atoms with Crippen LogP contribution in [0.5, 0.6) is 0 Å². The molecule has 3 aromatic rings. The highest BCUT2D eigenvalue weighted by Crippen LogP contribution is 2.18. The van der Waals surface area contributed by atoms with Gasteiger partial charge in [-0.3, -0.25) is 4.57 Å². The minimum Gasteiger partial charge on any atom is -0.354 e. The zero-order chi connectivity index (χ0) is 18.1. The molecule has 0 bridgehead atoms. The smallest absolute Gasteiger partial charge is 0.328 e. The maximum absolute atomic E-state index is 12.4. The van der Waals surface area contributed by atoms with E-state index in [1.165, 1.54) is 9.13 Å². The van der Waals surface area contributed by atoms with Crippen molar-refractivity contribution in [2.75, 3.05) is 25.0 Å². The largest absolute Gasteiger partial charge is 0.354 e. The Labute approximate surface area is 164 Å². The molecule has 136 valence electrons. The third-order valence-electron chi connectivity index (χ3n) is 4.93. The first-order chi connectivity index (χ1) is 12.6. The van der Waals surface area contributed by atoms with Gasteiger partial charge in [-0.15, -0.1) is 0 Å². The molecule has 7 nitrogen and oxygen atoms in total. The van der Waals surface area contributed by atoms with Crippen LogP contribution in [0, 0.1) is 16.4 Å². The predicted octanol–water partition coefficient (Wildman–Crippen LogP) is 2.10. The van der Waals surface area contributed by atoms with Crippen LogP contribution in [0.15, 0.2) is 29.2 Å². The molecule has 1 saturated heterocycles. The lowest BCUT2D eigenvalue weighted by atomic mass is 10.1. The van der Waals surface area contributed by atoms with Crippen molar-refractivity contribution in [3.63, 3.8) is 0 Å². The van der Waals surface area contributed by atoms with Crippen molar-refractivity contribution in [1.29, 1.82) is 0 Å². The first-order valence-corrected chi connectivity index (χ1v) is 9.84. The Morgan fingerprint density at radius 3 is 3.12 bits per heavy atom. The Bertz CT molecular complexity index is 989. The number of rotatable bonds is 5. The number of aromatic nitrogens is 4. The SMILES string of the molecule is Cc1c(I)cccc1Cn1c(=O)[nH]c2cnc(NC[C@@H]3CCNC3)nc21. The molecule has 0 saturated carbocycles. The van der Waals surface area contributed by atoms with E-state index in [4.69, 9.17) is 0 Å². The van der Waals surface area contributed by atoms with E-state index in [-0.39, 0.29) is 5.69 Å². The van der Waals surface area contributed by atoms with Gasteiger partial charge in [0.15, 0.2) is 5.65 Å². The van der Waals surface area contributed by atoms with Gasteiger partial charge in [0.25, 0.3) is 0 Å².